The van der Waals surface area contributed by atoms with Crippen molar-refractivity contribution in [3.05, 3.63) is 23.8 Å². The summed E-state index contributed by atoms with van der Waals surface area (Å²) < 4.78 is 5.06. The number of amides is 1. The molecule has 0 bridgehead atoms. The van der Waals surface area contributed by atoms with Gasteiger partial charge in [0.05, 0.1) is 12.7 Å². The van der Waals surface area contributed by atoms with Gasteiger partial charge < -0.3 is 20.1 Å². The van der Waals surface area contributed by atoms with Gasteiger partial charge in [-0.05, 0) is 25.0 Å². The number of phenols is 1. The number of piperazine rings is 1. The van der Waals surface area contributed by atoms with E-state index in [9.17, 15) is 9.90 Å². The van der Waals surface area contributed by atoms with Crippen molar-refractivity contribution in [2.75, 3.05) is 20.2 Å². The van der Waals surface area contributed by atoms with Gasteiger partial charge in [0.2, 0.25) is 0 Å². The second-order valence-corrected chi connectivity index (χ2v) is 5.42. The van der Waals surface area contributed by atoms with Crippen molar-refractivity contribution in [2.45, 2.75) is 38.8 Å². The molecule has 5 nitrogen and oxygen atoms in total. The zero-order chi connectivity index (χ0) is 15.4. The fourth-order valence-electron chi connectivity index (χ4n) is 2.72. The molecule has 2 atom stereocenters. The number of hydrogen-bond acceptors (Lipinski definition) is 4. The number of nitrogens with one attached hydrogen (secondary N) is 1. The summed E-state index contributed by atoms with van der Waals surface area (Å²) in [6.07, 6.45) is 1.88. The summed E-state index contributed by atoms with van der Waals surface area (Å²) in [6.45, 7) is 5.67. The molecule has 1 amide bonds. The number of ether oxygens (including phenoxy) is 1. The number of nitrogens with zero attached hydrogens (tertiary/aromatic N) is 1. The summed E-state index contributed by atoms with van der Waals surface area (Å²) in [6, 6.07) is 5.30. The van der Waals surface area contributed by atoms with Crippen LogP contribution in [0.2, 0.25) is 0 Å². The second-order valence-electron chi connectivity index (χ2n) is 5.42. The number of carbonyl (C=O) groups excluding carboxylic acids is 1. The first kappa shape index (κ1) is 15.6. The molecule has 0 radical (unpaired) electrons. The van der Waals surface area contributed by atoms with Crippen LogP contribution in [0.15, 0.2) is 18.2 Å². The van der Waals surface area contributed by atoms with E-state index in [1.165, 1.54) is 13.2 Å². The maximum Gasteiger partial charge on any atom is 0.257 e. The standard InChI is InChI=1S/C16H24N2O3/c1-4-11-10-18(12(5-2)9-17-11)16(20)14-7-6-13(21-3)8-15(14)19/h6-8,11-12,17,19H,4-5,9-10H2,1-3H3. The van der Waals surface area contributed by atoms with Crippen LogP contribution in [0.3, 0.4) is 0 Å². The van der Waals surface area contributed by atoms with E-state index in [2.05, 4.69) is 19.2 Å². The summed E-state index contributed by atoms with van der Waals surface area (Å²) in [5.74, 6) is 0.408. The highest BCUT2D eigenvalue weighted by Gasteiger charge is 2.31. The topological polar surface area (TPSA) is 61.8 Å². The highest BCUT2D eigenvalue weighted by molar-refractivity contribution is 5.97. The first-order valence-corrected chi connectivity index (χ1v) is 7.52. The number of benzene rings is 1. The molecule has 0 spiro atoms. The van der Waals surface area contributed by atoms with Crippen LogP contribution in [0.4, 0.5) is 0 Å². The Balaban J connectivity index is 2.23. The molecule has 0 aromatic heterocycles. The van der Waals surface area contributed by atoms with Crippen molar-refractivity contribution in [2.24, 2.45) is 0 Å². The molecule has 21 heavy (non-hydrogen) atoms. The van der Waals surface area contributed by atoms with Crippen LogP contribution in [0.5, 0.6) is 11.5 Å². The monoisotopic (exact) mass is 292 g/mol. The van der Waals surface area contributed by atoms with Crippen molar-refractivity contribution >= 4 is 5.91 Å². The van der Waals surface area contributed by atoms with Gasteiger partial charge in [0, 0.05) is 31.2 Å². The van der Waals surface area contributed by atoms with E-state index in [1.54, 1.807) is 12.1 Å². The van der Waals surface area contributed by atoms with Crippen molar-refractivity contribution in [3.63, 3.8) is 0 Å². The third kappa shape index (κ3) is 3.29. The molecule has 1 heterocycles. The molecule has 1 fully saturated rings. The van der Waals surface area contributed by atoms with Gasteiger partial charge in [-0.3, -0.25) is 4.79 Å². The molecular weight excluding hydrogens is 268 g/mol. The summed E-state index contributed by atoms with van der Waals surface area (Å²) in [5.41, 5.74) is 0.339. The van der Waals surface area contributed by atoms with Gasteiger partial charge in [0.25, 0.3) is 5.91 Å². The van der Waals surface area contributed by atoms with E-state index in [-0.39, 0.29) is 17.7 Å². The predicted octanol–water partition coefficient (Wildman–Crippen LogP) is 2.00. The van der Waals surface area contributed by atoms with Crippen molar-refractivity contribution < 1.29 is 14.6 Å². The lowest BCUT2D eigenvalue weighted by atomic mass is 10.0. The third-order valence-corrected chi connectivity index (χ3v) is 4.16. The zero-order valence-corrected chi connectivity index (χ0v) is 12.9. The average molecular weight is 292 g/mol. The van der Waals surface area contributed by atoms with Crippen LogP contribution in [-0.2, 0) is 0 Å². The molecular formula is C16H24N2O3. The second kappa shape index (κ2) is 6.80. The quantitative estimate of drug-likeness (QED) is 0.891. The normalized spacial score (nSPS) is 22.1. The highest BCUT2D eigenvalue weighted by atomic mass is 16.5. The lowest BCUT2D eigenvalue weighted by Gasteiger charge is -2.40. The molecule has 2 rings (SSSR count). The van der Waals surface area contributed by atoms with Crippen molar-refractivity contribution in [3.8, 4) is 11.5 Å². The minimum absolute atomic E-state index is 0.0271. The van der Waals surface area contributed by atoms with Crippen LogP contribution in [0.1, 0.15) is 37.0 Å². The van der Waals surface area contributed by atoms with Gasteiger partial charge in [-0.1, -0.05) is 13.8 Å². The van der Waals surface area contributed by atoms with E-state index < -0.39 is 0 Å². The highest BCUT2D eigenvalue weighted by Crippen LogP contribution is 2.26. The van der Waals surface area contributed by atoms with Gasteiger partial charge in [-0.25, -0.2) is 0 Å². The third-order valence-electron chi connectivity index (χ3n) is 4.16. The van der Waals surface area contributed by atoms with Crippen molar-refractivity contribution in [1.29, 1.82) is 0 Å². The fraction of sp³-hybridized carbons (Fsp3) is 0.562. The first-order chi connectivity index (χ1) is 10.1. The minimum Gasteiger partial charge on any atom is -0.507 e. The van der Waals surface area contributed by atoms with Crippen LogP contribution in [0.25, 0.3) is 0 Å². The van der Waals surface area contributed by atoms with E-state index >= 15 is 0 Å². The van der Waals surface area contributed by atoms with E-state index in [4.69, 9.17) is 4.74 Å². The number of methoxy groups -OCH3 is 1. The lowest BCUT2D eigenvalue weighted by molar-refractivity contribution is 0.0573. The average Bonchev–Trinajstić information content (AvgIpc) is 2.53. The molecule has 1 saturated heterocycles. The molecule has 0 saturated carbocycles. The Morgan fingerprint density at radius 2 is 2.19 bits per heavy atom. The van der Waals surface area contributed by atoms with Gasteiger partial charge in [0.15, 0.2) is 0 Å². The maximum absolute atomic E-state index is 12.7. The summed E-state index contributed by atoms with van der Waals surface area (Å²) in [5, 5.41) is 13.5. The molecule has 5 heteroatoms. The van der Waals surface area contributed by atoms with E-state index in [0.717, 1.165) is 19.4 Å². The van der Waals surface area contributed by atoms with Gasteiger partial charge in [0.1, 0.15) is 11.5 Å². The Morgan fingerprint density at radius 1 is 1.43 bits per heavy atom. The Kier molecular flexibility index (Phi) is 5.07. The smallest absolute Gasteiger partial charge is 0.257 e. The Hall–Kier alpha value is -1.75. The minimum atomic E-state index is -0.109. The lowest BCUT2D eigenvalue weighted by Crippen LogP contribution is -2.57. The zero-order valence-electron chi connectivity index (χ0n) is 12.9. The largest absolute Gasteiger partial charge is 0.507 e. The molecule has 116 valence electrons. The van der Waals surface area contributed by atoms with Gasteiger partial charge in [-0.2, -0.15) is 0 Å². The van der Waals surface area contributed by atoms with Gasteiger partial charge >= 0.3 is 0 Å². The van der Waals surface area contributed by atoms with Crippen LogP contribution in [0, 0.1) is 0 Å². The number of hydrogen-bond donors (Lipinski definition) is 2. The predicted molar refractivity (Wildman–Crippen MR) is 81.9 cm³/mol. The van der Waals surface area contributed by atoms with E-state index in [0.29, 0.717) is 23.9 Å². The number of phenolic OH excluding ortho intramolecular Hbond substituents is 1. The summed E-state index contributed by atoms with van der Waals surface area (Å²) >= 11 is 0. The van der Waals surface area contributed by atoms with Crippen molar-refractivity contribution in [1.82, 2.24) is 10.2 Å². The van der Waals surface area contributed by atoms with Gasteiger partial charge in [-0.15, -0.1) is 0 Å². The van der Waals surface area contributed by atoms with Crippen LogP contribution in [-0.4, -0.2) is 48.2 Å². The maximum atomic E-state index is 12.7. The molecule has 1 aromatic carbocycles. The van der Waals surface area contributed by atoms with E-state index in [1.807, 2.05) is 4.90 Å². The molecule has 2 N–H and O–H groups in total. The number of rotatable bonds is 4. The molecule has 1 aromatic rings. The summed E-state index contributed by atoms with van der Waals surface area (Å²) in [7, 11) is 1.53. The first-order valence-electron chi connectivity index (χ1n) is 7.52. The SMILES string of the molecule is CCC1CN(C(=O)c2ccc(OC)cc2O)C(CC)CN1. The summed E-state index contributed by atoms with van der Waals surface area (Å²) in [4.78, 5) is 14.6. The Bertz CT molecular complexity index is 504. The molecule has 1 aliphatic heterocycles. The Morgan fingerprint density at radius 3 is 2.76 bits per heavy atom. The number of aromatic hydroxyl groups is 1. The Labute approximate surface area is 125 Å². The van der Waals surface area contributed by atoms with Crippen LogP contribution >= 0.6 is 0 Å². The molecule has 2 unspecified atom stereocenters. The fourth-order valence-corrected chi connectivity index (χ4v) is 2.72. The van der Waals surface area contributed by atoms with Crippen LogP contribution < -0.4 is 10.1 Å². The molecule has 0 aliphatic carbocycles. The number of carbonyl (C=O) groups is 1. The molecule has 1 aliphatic rings.